The molecule has 0 spiro atoms. The second-order valence-corrected chi connectivity index (χ2v) is 4.97. The van der Waals surface area contributed by atoms with Crippen LogP contribution in [-0.4, -0.2) is 9.97 Å². The minimum Gasteiger partial charge on any atom is -0.276 e. The van der Waals surface area contributed by atoms with Gasteiger partial charge < -0.3 is 0 Å². The summed E-state index contributed by atoms with van der Waals surface area (Å²) in [6.07, 6.45) is 0. The Morgan fingerprint density at radius 1 is 1.16 bits per heavy atom. The monoisotopic (exact) mass is 271 g/mol. The van der Waals surface area contributed by atoms with Crippen LogP contribution < -0.4 is 5.43 Å². The van der Waals surface area contributed by atoms with Crippen LogP contribution in [-0.2, 0) is 0 Å². The van der Waals surface area contributed by atoms with E-state index in [1.165, 1.54) is 17.8 Å². The number of benzene rings is 2. The van der Waals surface area contributed by atoms with Gasteiger partial charge in [0.1, 0.15) is 5.04 Å². The SMILES string of the molecule is O=[N+]([O-])c1ccc2c(c1)SC(c1ccccc1)=NN2. The number of nitro benzene ring substituents is 1. The smallest absolute Gasteiger partial charge is 0.270 e. The van der Waals surface area contributed by atoms with Gasteiger partial charge in [-0.25, -0.2) is 0 Å². The highest BCUT2D eigenvalue weighted by atomic mass is 32.2. The van der Waals surface area contributed by atoms with E-state index in [1.807, 2.05) is 30.3 Å². The van der Waals surface area contributed by atoms with Crippen molar-refractivity contribution < 1.29 is 4.92 Å². The van der Waals surface area contributed by atoms with Gasteiger partial charge in [-0.15, -0.1) is 0 Å². The molecule has 94 valence electrons. The van der Waals surface area contributed by atoms with Gasteiger partial charge in [0.25, 0.3) is 5.69 Å². The summed E-state index contributed by atoms with van der Waals surface area (Å²) in [5.41, 5.74) is 4.78. The number of fused-ring (bicyclic) bond motifs is 1. The molecule has 0 atom stereocenters. The van der Waals surface area contributed by atoms with Crippen molar-refractivity contribution in [3.63, 3.8) is 0 Å². The van der Waals surface area contributed by atoms with E-state index in [0.29, 0.717) is 0 Å². The molecule has 0 aromatic heterocycles. The van der Waals surface area contributed by atoms with E-state index < -0.39 is 4.92 Å². The Morgan fingerprint density at radius 3 is 2.68 bits per heavy atom. The van der Waals surface area contributed by atoms with Crippen molar-refractivity contribution in [1.82, 2.24) is 0 Å². The zero-order chi connectivity index (χ0) is 13.2. The molecule has 1 aliphatic rings. The van der Waals surface area contributed by atoms with Gasteiger partial charge in [0, 0.05) is 22.6 Å². The van der Waals surface area contributed by atoms with E-state index in [1.54, 1.807) is 12.1 Å². The maximum Gasteiger partial charge on any atom is 0.270 e. The van der Waals surface area contributed by atoms with Gasteiger partial charge in [-0.05, 0) is 6.07 Å². The lowest BCUT2D eigenvalue weighted by Gasteiger charge is -2.16. The molecule has 2 aromatic rings. The van der Waals surface area contributed by atoms with Gasteiger partial charge in [0.2, 0.25) is 0 Å². The summed E-state index contributed by atoms with van der Waals surface area (Å²) in [5.74, 6) is 0. The van der Waals surface area contributed by atoms with Gasteiger partial charge in [-0.1, -0.05) is 42.1 Å². The van der Waals surface area contributed by atoms with Crippen molar-refractivity contribution in [2.75, 3.05) is 5.43 Å². The van der Waals surface area contributed by atoms with Crippen LogP contribution in [0.3, 0.4) is 0 Å². The number of nitro groups is 1. The third-order valence-electron chi connectivity index (χ3n) is 2.68. The summed E-state index contributed by atoms with van der Waals surface area (Å²) in [5, 5.41) is 15.9. The highest BCUT2D eigenvalue weighted by molar-refractivity contribution is 8.14. The first kappa shape index (κ1) is 11.7. The summed E-state index contributed by atoms with van der Waals surface area (Å²) in [7, 11) is 0. The standard InChI is InChI=1S/C13H9N3O2S/c17-16(18)10-6-7-11-12(8-10)19-13(15-14-11)9-4-2-1-3-5-9/h1-8,14H. The first-order chi connectivity index (χ1) is 9.24. The van der Waals surface area contributed by atoms with Gasteiger partial charge in [-0.2, -0.15) is 5.10 Å². The summed E-state index contributed by atoms with van der Waals surface area (Å²) in [4.78, 5) is 11.2. The van der Waals surface area contributed by atoms with Crippen molar-refractivity contribution in [3.8, 4) is 0 Å². The molecule has 0 fully saturated rings. The van der Waals surface area contributed by atoms with Crippen LogP contribution in [0.15, 0.2) is 58.5 Å². The molecule has 3 rings (SSSR count). The zero-order valence-electron chi connectivity index (χ0n) is 9.74. The summed E-state index contributed by atoms with van der Waals surface area (Å²) < 4.78 is 0. The third-order valence-corrected chi connectivity index (χ3v) is 3.76. The molecule has 5 nitrogen and oxygen atoms in total. The molecule has 19 heavy (non-hydrogen) atoms. The quantitative estimate of drug-likeness (QED) is 0.670. The van der Waals surface area contributed by atoms with Crippen LogP contribution in [0, 0.1) is 10.1 Å². The molecule has 2 aromatic carbocycles. The molecule has 0 saturated heterocycles. The van der Waals surface area contributed by atoms with Crippen LogP contribution in [0.1, 0.15) is 5.56 Å². The Kier molecular flexibility index (Phi) is 2.92. The maximum absolute atomic E-state index is 10.8. The number of hydrazone groups is 1. The molecule has 6 heteroatoms. The molecular weight excluding hydrogens is 262 g/mol. The van der Waals surface area contributed by atoms with E-state index in [0.717, 1.165) is 21.2 Å². The second-order valence-electron chi connectivity index (χ2n) is 3.93. The molecule has 0 aliphatic carbocycles. The predicted octanol–water partition coefficient (Wildman–Crippen LogP) is 3.47. The fourth-order valence-electron chi connectivity index (χ4n) is 1.74. The molecule has 1 N–H and O–H groups in total. The Hall–Kier alpha value is -2.34. The number of anilines is 1. The Bertz CT molecular complexity index is 671. The molecule has 0 bridgehead atoms. The average Bonchev–Trinajstić information content (AvgIpc) is 2.47. The highest BCUT2D eigenvalue weighted by Gasteiger charge is 2.18. The number of nitrogens with one attached hydrogen (secondary N) is 1. The molecular formula is C13H9N3O2S. The lowest BCUT2D eigenvalue weighted by Crippen LogP contribution is -2.06. The van der Waals surface area contributed by atoms with Crippen LogP contribution in [0.5, 0.6) is 0 Å². The van der Waals surface area contributed by atoms with E-state index in [4.69, 9.17) is 0 Å². The minimum absolute atomic E-state index is 0.0855. The van der Waals surface area contributed by atoms with Crippen molar-refractivity contribution in [3.05, 3.63) is 64.2 Å². The Morgan fingerprint density at radius 2 is 1.95 bits per heavy atom. The minimum atomic E-state index is -0.394. The van der Waals surface area contributed by atoms with Crippen molar-refractivity contribution >= 4 is 28.2 Å². The molecule has 0 saturated carbocycles. The predicted molar refractivity (Wildman–Crippen MR) is 75.6 cm³/mol. The molecule has 0 unspecified atom stereocenters. The van der Waals surface area contributed by atoms with Gasteiger partial charge in [0.15, 0.2) is 0 Å². The number of hydrogen-bond acceptors (Lipinski definition) is 5. The van der Waals surface area contributed by atoms with E-state index in [-0.39, 0.29) is 5.69 Å². The van der Waals surface area contributed by atoms with E-state index >= 15 is 0 Å². The zero-order valence-corrected chi connectivity index (χ0v) is 10.6. The van der Waals surface area contributed by atoms with E-state index in [9.17, 15) is 10.1 Å². The second kappa shape index (κ2) is 4.74. The normalized spacial score (nSPS) is 13.2. The molecule has 0 amide bonds. The number of thioether (sulfide) groups is 1. The lowest BCUT2D eigenvalue weighted by atomic mass is 10.2. The number of hydrogen-bond donors (Lipinski definition) is 1. The van der Waals surface area contributed by atoms with E-state index in [2.05, 4.69) is 10.5 Å². The van der Waals surface area contributed by atoms with Crippen LogP contribution >= 0.6 is 11.8 Å². The third kappa shape index (κ3) is 2.30. The first-order valence-corrected chi connectivity index (χ1v) is 6.41. The average molecular weight is 271 g/mol. The van der Waals surface area contributed by atoms with Crippen molar-refractivity contribution in [2.45, 2.75) is 4.90 Å². The molecule has 0 radical (unpaired) electrons. The summed E-state index contributed by atoms with van der Waals surface area (Å²) in [6.45, 7) is 0. The summed E-state index contributed by atoms with van der Waals surface area (Å²) in [6, 6.07) is 14.4. The molecule has 1 aliphatic heterocycles. The van der Waals surface area contributed by atoms with Crippen molar-refractivity contribution in [2.24, 2.45) is 5.10 Å². The van der Waals surface area contributed by atoms with Gasteiger partial charge in [-0.3, -0.25) is 15.5 Å². The number of rotatable bonds is 2. The lowest BCUT2D eigenvalue weighted by molar-refractivity contribution is -0.385. The van der Waals surface area contributed by atoms with Crippen LogP contribution in [0.2, 0.25) is 0 Å². The van der Waals surface area contributed by atoms with Gasteiger partial charge in [0.05, 0.1) is 10.6 Å². The fraction of sp³-hybridized carbons (Fsp3) is 0. The van der Waals surface area contributed by atoms with Crippen molar-refractivity contribution in [1.29, 1.82) is 0 Å². The van der Waals surface area contributed by atoms with Crippen LogP contribution in [0.4, 0.5) is 11.4 Å². The Balaban J connectivity index is 1.95. The molecule has 1 heterocycles. The Labute approximate surface area is 113 Å². The largest absolute Gasteiger partial charge is 0.276 e. The maximum atomic E-state index is 10.8. The fourth-order valence-corrected chi connectivity index (χ4v) is 2.70. The number of nitrogens with zero attached hydrogens (tertiary/aromatic N) is 2. The topological polar surface area (TPSA) is 67.5 Å². The number of non-ortho nitro benzene ring substituents is 1. The highest BCUT2D eigenvalue weighted by Crippen LogP contribution is 2.36. The summed E-state index contributed by atoms with van der Waals surface area (Å²) >= 11 is 1.42. The van der Waals surface area contributed by atoms with Crippen LogP contribution in [0.25, 0.3) is 0 Å². The van der Waals surface area contributed by atoms with Gasteiger partial charge >= 0.3 is 0 Å². The first-order valence-electron chi connectivity index (χ1n) is 5.59.